The van der Waals surface area contributed by atoms with Crippen molar-refractivity contribution in [2.24, 2.45) is 5.92 Å². The summed E-state index contributed by atoms with van der Waals surface area (Å²) in [6.45, 7) is 0. The van der Waals surface area contributed by atoms with Crippen LogP contribution in [0.2, 0.25) is 0 Å². The standard InChI is InChI=1S/C15H17NO3/c17-13(16-15(7-8-15)14(18)19)12-6-5-10-3-1-2-4-11(10)9-12/h1-4,12H,5-9H2,(H,16,17)(H,18,19). The molecule has 3 rings (SSSR count). The zero-order valence-corrected chi connectivity index (χ0v) is 10.7. The highest BCUT2D eigenvalue weighted by molar-refractivity contribution is 5.90. The molecule has 0 spiro atoms. The summed E-state index contributed by atoms with van der Waals surface area (Å²) in [7, 11) is 0. The third kappa shape index (κ3) is 2.23. The molecule has 0 bridgehead atoms. The second-order valence-corrected chi connectivity index (χ2v) is 5.58. The Morgan fingerprint density at radius 1 is 1.21 bits per heavy atom. The third-order valence-corrected chi connectivity index (χ3v) is 4.24. The quantitative estimate of drug-likeness (QED) is 0.865. The summed E-state index contributed by atoms with van der Waals surface area (Å²) in [6.07, 6.45) is 3.53. The van der Waals surface area contributed by atoms with Crippen molar-refractivity contribution in [1.82, 2.24) is 5.32 Å². The van der Waals surface area contributed by atoms with Crippen molar-refractivity contribution in [3.63, 3.8) is 0 Å². The molecule has 2 N–H and O–H groups in total. The molecule has 100 valence electrons. The molecule has 4 nitrogen and oxygen atoms in total. The van der Waals surface area contributed by atoms with Crippen LogP contribution in [-0.4, -0.2) is 22.5 Å². The topological polar surface area (TPSA) is 66.4 Å². The van der Waals surface area contributed by atoms with E-state index in [0.717, 1.165) is 19.3 Å². The van der Waals surface area contributed by atoms with Crippen LogP contribution >= 0.6 is 0 Å². The summed E-state index contributed by atoms with van der Waals surface area (Å²) in [5.74, 6) is -1.10. The lowest BCUT2D eigenvalue weighted by molar-refractivity contribution is -0.143. The lowest BCUT2D eigenvalue weighted by atomic mass is 9.83. The highest BCUT2D eigenvalue weighted by Gasteiger charge is 2.52. The van der Waals surface area contributed by atoms with E-state index in [-0.39, 0.29) is 11.8 Å². The number of carboxylic acid groups (broad SMARTS) is 1. The van der Waals surface area contributed by atoms with Crippen molar-refractivity contribution in [2.45, 2.75) is 37.6 Å². The van der Waals surface area contributed by atoms with Crippen molar-refractivity contribution in [1.29, 1.82) is 0 Å². The van der Waals surface area contributed by atoms with Crippen LogP contribution in [0.3, 0.4) is 0 Å². The van der Waals surface area contributed by atoms with E-state index in [1.165, 1.54) is 11.1 Å². The first-order valence-corrected chi connectivity index (χ1v) is 6.73. The van der Waals surface area contributed by atoms with Gasteiger partial charge in [-0.25, -0.2) is 4.79 Å². The number of benzene rings is 1. The van der Waals surface area contributed by atoms with E-state index >= 15 is 0 Å². The van der Waals surface area contributed by atoms with Gasteiger partial charge in [0.15, 0.2) is 0 Å². The fraction of sp³-hybridized carbons (Fsp3) is 0.467. The Morgan fingerprint density at radius 3 is 2.53 bits per heavy atom. The fourth-order valence-corrected chi connectivity index (χ4v) is 2.78. The predicted octanol–water partition coefficient (Wildman–Crippen LogP) is 1.52. The zero-order chi connectivity index (χ0) is 13.5. The Hall–Kier alpha value is -1.84. The molecule has 4 heteroatoms. The van der Waals surface area contributed by atoms with Crippen LogP contribution in [0.15, 0.2) is 24.3 Å². The van der Waals surface area contributed by atoms with Gasteiger partial charge in [0.1, 0.15) is 5.54 Å². The number of aliphatic carboxylic acids is 1. The fourth-order valence-electron chi connectivity index (χ4n) is 2.78. The first-order chi connectivity index (χ1) is 9.11. The predicted molar refractivity (Wildman–Crippen MR) is 69.7 cm³/mol. The van der Waals surface area contributed by atoms with Crippen LogP contribution in [0.5, 0.6) is 0 Å². The van der Waals surface area contributed by atoms with E-state index in [1.54, 1.807) is 0 Å². The molecule has 1 saturated carbocycles. The average molecular weight is 259 g/mol. The summed E-state index contributed by atoms with van der Waals surface area (Å²) in [5.41, 5.74) is 1.56. The van der Waals surface area contributed by atoms with Crippen LogP contribution in [0.1, 0.15) is 30.4 Å². The van der Waals surface area contributed by atoms with E-state index in [0.29, 0.717) is 12.8 Å². The van der Waals surface area contributed by atoms with Crippen molar-refractivity contribution in [3.05, 3.63) is 35.4 Å². The van der Waals surface area contributed by atoms with E-state index in [4.69, 9.17) is 5.11 Å². The normalized spacial score (nSPS) is 23.3. The second kappa shape index (κ2) is 4.37. The first kappa shape index (κ1) is 12.2. The molecule has 0 heterocycles. The van der Waals surface area contributed by atoms with E-state index < -0.39 is 11.5 Å². The maximum absolute atomic E-state index is 12.2. The molecule has 2 aliphatic rings. The number of aryl methyl sites for hydroxylation is 1. The highest BCUT2D eigenvalue weighted by atomic mass is 16.4. The maximum Gasteiger partial charge on any atom is 0.329 e. The Bertz CT molecular complexity index is 534. The molecule has 0 aliphatic heterocycles. The smallest absolute Gasteiger partial charge is 0.329 e. The minimum Gasteiger partial charge on any atom is -0.480 e. The monoisotopic (exact) mass is 259 g/mol. The number of amides is 1. The number of hydrogen-bond donors (Lipinski definition) is 2. The summed E-state index contributed by atoms with van der Waals surface area (Å²) >= 11 is 0. The molecule has 0 radical (unpaired) electrons. The Labute approximate surface area is 111 Å². The summed E-state index contributed by atoms with van der Waals surface area (Å²) in [4.78, 5) is 23.3. The highest BCUT2D eigenvalue weighted by Crippen LogP contribution is 2.36. The minimum absolute atomic E-state index is 0.0910. The van der Waals surface area contributed by atoms with Crippen LogP contribution in [0.4, 0.5) is 0 Å². The van der Waals surface area contributed by atoms with Crippen LogP contribution in [-0.2, 0) is 22.4 Å². The number of hydrogen-bond acceptors (Lipinski definition) is 2. The van der Waals surface area contributed by atoms with Gasteiger partial charge in [0, 0.05) is 5.92 Å². The van der Waals surface area contributed by atoms with Gasteiger partial charge in [-0.05, 0) is 43.2 Å². The molecule has 1 aromatic carbocycles. The van der Waals surface area contributed by atoms with Gasteiger partial charge in [0.2, 0.25) is 5.91 Å². The number of carboxylic acids is 1. The summed E-state index contributed by atoms with van der Waals surface area (Å²) in [5, 5.41) is 11.8. The van der Waals surface area contributed by atoms with Gasteiger partial charge < -0.3 is 10.4 Å². The SMILES string of the molecule is O=C(NC1(C(=O)O)CC1)C1CCc2ccccc2C1. The number of fused-ring (bicyclic) bond motifs is 1. The van der Waals surface area contributed by atoms with E-state index in [1.807, 2.05) is 12.1 Å². The van der Waals surface area contributed by atoms with Gasteiger partial charge in [0.05, 0.1) is 0 Å². The van der Waals surface area contributed by atoms with Gasteiger partial charge in [-0.2, -0.15) is 0 Å². The number of nitrogens with one attached hydrogen (secondary N) is 1. The van der Waals surface area contributed by atoms with Gasteiger partial charge in [-0.1, -0.05) is 24.3 Å². The van der Waals surface area contributed by atoms with Crippen molar-refractivity contribution < 1.29 is 14.7 Å². The summed E-state index contributed by atoms with van der Waals surface area (Å²) in [6, 6.07) is 8.16. The van der Waals surface area contributed by atoms with Crippen molar-refractivity contribution >= 4 is 11.9 Å². The molecule has 1 aromatic rings. The van der Waals surface area contributed by atoms with E-state index in [2.05, 4.69) is 17.4 Å². The van der Waals surface area contributed by atoms with Crippen molar-refractivity contribution in [2.75, 3.05) is 0 Å². The average Bonchev–Trinajstić information content (AvgIpc) is 3.19. The molecule has 1 atom stereocenters. The lowest BCUT2D eigenvalue weighted by Crippen LogP contribution is -2.46. The first-order valence-electron chi connectivity index (χ1n) is 6.73. The number of rotatable bonds is 3. The number of carbonyl (C=O) groups is 2. The minimum atomic E-state index is -0.964. The maximum atomic E-state index is 12.2. The molecular formula is C15H17NO3. The largest absolute Gasteiger partial charge is 0.480 e. The van der Waals surface area contributed by atoms with Crippen LogP contribution in [0, 0.1) is 5.92 Å². The van der Waals surface area contributed by atoms with E-state index in [9.17, 15) is 9.59 Å². The van der Waals surface area contributed by atoms with Crippen LogP contribution in [0.25, 0.3) is 0 Å². The van der Waals surface area contributed by atoms with Gasteiger partial charge >= 0.3 is 5.97 Å². The Balaban J connectivity index is 1.68. The summed E-state index contributed by atoms with van der Waals surface area (Å²) < 4.78 is 0. The lowest BCUT2D eigenvalue weighted by Gasteiger charge is -2.25. The molecule has 1 amide bonds. The van der Waals surface area contributed by atoms with Crippen LogP contribution < -0.4 is 5.32 Å². The molecule has 1 unspecified atom stereocenters. The molecule has 19 heavy (non-hydrogen) atoms. The third-order valence-electron chi connectivity index (χ3n) is 4.24. The molecule has 1 fully saturated rings. The Kier molecular flexibility index (Phi) is 2.81. The molecular weight excluding hydrogens is 242 g/mol. The van der Waals surface area contributed by atoms with Gasteiger partial charge in [-0.15, -0.1) is 0 Å². The molecule has 0 aromatic heterocycles. The van der Waals surface area contributed by atoms with Gasteiger partial charge in [0.25, 0.3) is 0 Å². The second-order valence-electron chi connectivity index (χ2n) is 5.58. The zero-order valence-electron chi connectivity index (χ0n) is 10.7. The molecule has 2 aliphatic carbocycles. The Morgan fingerprint density at radius 2 is 1.89 bits per heavy atom. The number of carbonyl (C=O) groups excluding carboxylic acids is 1. The van der Waals surface area contributed by atoms with Crippen molar-refractivity contribution in [3.8, 4) is 0 Å². The molecule has 0 saturated heterocycles. The van der Waals surface area contributed by atoms with Gasteiger partial charge in [-0.3, -0.25) is 4.79 Å².